The van der Waals surface area contributed by atoms with Crippen molar-refractivity contribution < 1.29 is 14.3 Å². The fraction of sp³-hybridized carbons (Fsp3) is 0.421. The topological polar surface area (TPSA) is 96.9 Å². The predicted molar refractivity (Wildman–Crippen MR) is 103 cm³/mol. The number of H-pyrrole nitrogens is 1. The molecule has 1 aromatic heterocycles. The fourth-order valence-electron chi connectivity index (χ4n) is 3.00. The first-order chi connectivity index (χ1) is 13.5. The number of rotatable bonds is 7. The molecule has 0 radical (unpaired) electrons. The van der Waals surface area contributed by atoms with Crippen LogP contribution in [0.3, 0.4) is 0 Å². The Bertz CT molecular complexity index is 898. The Balaban J connectivity index is 1.40. The molecule has 2 heterocycles. The molecule has 1 saturated heterocycles. The number of amides is 1. The summed E-state index contributed by atoms with van der Waals surface area (Å²) in [7, 11) is 1.62. The van der Waals surface area contributed by atoms with Crippen LogP contribution >= 0.6 is 0 Å². The molecular formula is C19H24N4O5. The smallest absolute Gasteiger partial charge is 0.328 e. The van der Waals surface area contributed by atoms with Crippen LogP contribution in [-0.4, -0.2) is 71.7 Å². The Hall–Kier alpha value is -3.07. The third kappa shape index (κ3) is 5.23. The van der Waals surface area contributed by atoms with Gasteiger partial charge in [-0.3, -0.25) is 24.0 Å². The zero-order valence-corrected chi connectivity index (χ0v) is 15.8. The lowest BCUT2D eigenvalue weighted by Gasteiger charge is -2.34. The quantitative estimate of drug-likeness (QED) is 0.704. The summed E-state index contributed by atoms with van der Waals surface area (Å²) in [6.07, 6.45) is 1.34. The molecule has 0 aliphatic carbocycles. The zero-order valence-electron chi connectivity index (χ0n) is 15.8. The van der Waals surface area contributed by atoms with E-state index < -0.39 is 11.2 Å². The van der Waals surface area contributed by atoms with Crippen molar-refractivity contribution in [3.8, 4) is 11.5 Å². The summed E-state index contributed by atoms with van der Waals surface area (Å²) in [5, 5.41) is 0. The van der Waals surface area contributed by atoms with E-state index >= 15 is 0 Å². The highest BCUT2D eigenvalue weighted by molar-refractivity contribution is 5.76. The number of piperazine rings is 1. The molecule has 0 spiro atoms. The lowest BCUT2D eigenvalue weighted by atomic mass is 10.3. The van der Waals surface area contributed by atoms with Gasteiger partial charge in [-0.05, 0) is 24.3 Å². The highest BCUT2D eigenvalue weighted by atomic mass is 16.5. The van der Waals surface area contributed by atoms with E-state index in [2.05, 4.69) is 9.88 Å². The Morgan fingerprint density at radius 3 is 2.36 bits per heavy atom. The summed E-state index contributed by atoms with van der Waals surface area (Å²) in [6.45, 7) is 3.95. The molecule has 1 aliphatic heterocycles. The van der Waals surface area contributed by atoms with Gasteiger partial charge in [-0.15, -0.1) is 0 Å². The Kier molecular flexibility index (Phi) is 6.49. The van der Waals surface area contributed by atoms with Gasteiger partial charge < -0.3 is 14.4 Å². The highest BCUT2D eigenvalue weighted by Crippen LogP contribution is 2.17. The number of nitrogens with one attached hydrogen (secondary N) is 1. The second-order valence-corrected chi connectivity index (χ2v) is 6.48. The molecule has 150 valence electrons. The first-order valence-corrected chi connectivity index (χ1v) is 9.12. The van der Waals surface area contributed by atoms with E-state index in [4.69, 9.17) is 9.47 Å². The monoisotopic (exact) mass is 388 g/mol. The second-order valence-electron chi connectivity index (χ2n) is 6.48. The van der Waals surface area contributed by atoms with Gasteiger partial charge in [-0.2, -0.15) is 0 Å². The summed E-state index contributed by atoms with van der Waals surface area (Å²) >= 11 is 0. The first-order valence-electron chi connectivity index (χ1n) is 9.12. The van der Waals surface area contributed by atoms with Gasteiger partial charge >= 0.3 is 5.69 Å². The Morgan fingerprint density at radius 1 is 1.04 bits per heavy atom. The molecule has 0 saturated carbocycles. The van der Waals surface area contributed by atoms with Crippen LogP contribution in [0.25, 0.3) is 0 Å². The van der Waals surface area contributed by atoms with Crippen LogP contribution in [0, 0.1) is 0 Å². The molecular weight excluding hydrogens is 364 g/mol. The number of benzene rings is 1. The van der Waals surface area contributed by atoms with Crippen LogP contribution in [-0.2, 0) is 11.3 Å². The van der Waals surface area contributed by atoms with Gasteiger partial charge in [0.25, 0.3) is 5.56 Å². The summed E-state index contributed by atoms with van der Waals surface area (Å²) in [4.78, 5) is 41.3. The molecule has 1 N–H and O–H groups in total. The summed E-state index contributed by atoms with van der Waals surface area (Å²) in [5.41, 5.74) is -1.05. The van der Waals surface area contributed by atoms with E-state index in [1.54, 1.807) is 12.0 Å². The number of carbonyl (C=O) groups excluding carboxylic acids is 1. The molecule has 0 unspecified atom stereocenters. The van der Waals surface area contributed by atoms with Gasteiger partial charge in [0.1, 0.15) is 24.7 Å². The Labute approximate surface area is 162 Å². The normalized spacial score (nSPS) is 14.7. The molecule has 1 aromatic carbocycles. The average molecular weight is 388 g/mol. The van der Waals surface area contributed by atoms with Gasteiger partial charge in [0.2, 0.25) is 5.91 Å². The van der Waals surface area contributed by atoms with Crippen molar-refractivity contribution in [2.45, 2.75) is 6.54 Å². The van der Waals surface area contributed by atoms with Crippen molar-refractivity contribution in [3.05, 3.63) is 57.4 Å². The van der Waals surface area contributed by atoms with Gasteiger partial charge in [-0.25, -0.2) is 4.79 Å². The standard InChI is InChI=1S/C19H24N4O5/c1-27-15-2-4-16(5-3-15)28-13-12-21-8-10-22(11-9-21)18(25)14-23-7-6-17(24)20-19(23)26/h2-7H,8-14H2,1H3,(H,20,24,26). The lowest BCUT2D eigenvalue weighted by Crippen LogP contribution is -2.50. The number of nitrogens with zero attached hydrogens (tertiary/aromatic N) is 3. The van der Waals surface area contributed by atoms with Gasteiger partial charge in [0, 0.05) is 45.0 Å². The van der Waals surface area contributed by atoms with Gasteiger partial charge in [0.05, 0.1) is 7.11 Å². The van der Waals surface area contributed by atoms with Crippen molar-refractivity contribution in [2.75, 3.05) is 46.4 Å². The van der Waals surface area contributed by atoms with Crippen LogP contribution in [0.4, 0.5) is 0 Å². The van der Waals surface area contributed by atoms with E-state index in [0.717, 1.165) is 31.1 Å². The van der Waals surface area contributed by atoms with Crippen molar-refractivity contribution >= 4 is 5.91 Å². The van der Waals surface area contributed by atoms with Crippen molar-refractivity contribution in [2.24, 2.45) is 0 Å². The minimum Gasteiger partial charge on any atom is -0.497 e. The third-order valence-corrected chi connectivity index (χ3v) is 4.66. The number of carbonyl (C=O) groups is 1. The summed E-state index contributed by atoms with van der Waals surface area (Å²) < 4.78 is 12.1. The van der Waals surface area contributed by atoms with Gasteiger partial charge in [0.15, 0.2) is 0 Å². The van der Waals surface area contributed by atoms with Crippen LogP contribution in [0.15, 0.2) is 46.1 Å². The van der Waals surface area contributed by atoms with Crippen molar-refractivity contribution in [1.29, 1.82) is 0 Å². The van der Waals surface area contributed by atoms with E-state index in [0.29, 0.717) is 19.7 Å². The maximum Gasteiger partial charge on any atom is 0.328 e. The summed E-state index contributed by atoms with van der Waals surface area (Å²) in [5.74, 6) is 1.45. The number of ether oxygens (including phenoxy) is 2. The van der Waals surface area contributed by atoms with Crippen LogP contribution < -0.4 is 20.7 Å². The molecule has 0 atom stereocenters. The molecule has 1 amide bonds. The average Bonchev–Trinajstić information content (AvgIpc) is 2.71. The zero-order chi connectivity index (χ0) is 19.9. The van der Waals surface area contributed by atoms with Crippen LogP contribution in [0.1, 0.15) is 0 Å². The Morgan fingerprint density at radius 2 is 1.71 bits per heavy atom. The largest absolute Gasteiger partial charge is 0.497 e. The molecule has 0 bridgehead atoms. The maximum absolute atomic E-state index is 12.4. The number of hydrogen-bond acceptors (Lipinski definition) is 6. The van der Waals surface area contributed by atoms with Crippen LogP contribution in [0.5, 0.6) is 11.5 Å². The number of aromatic nitrogens is 2. The first kappa shape index (κ1) is 19.7. The van der Waals surface area contributed by atoms with E-state index in [1.165, 1.54) is 16.8 Å². The fourth-order valence-corrected chi connectivity index (χ4v) is 3.00. The van der Waals surface area contributed by atoms with E-state index in [1.807, 2.05) is 24.3 Å². The second kappa shape index (κ2) is 9.23. The number of aromatic amines is 1. The lowest BCUT2D eigenvalue weighted by molar-refractivity contribution is -0.133. The minimum atomic E-state index is -0.574. The molecule has 3 rings (SSSR count). The maximum atomic E-state index is 12.4. The predicted octanol–water partition coefficient (Wildman–Crippen LogP) is -0.232. The van der Waals surface area contributed by atoms with Crippen LogP contribution in [0.2, 0.25) is 0 Å². The molecule has 2 aromatic rings. The molecule has 9 nitrogen and oxygen atoms in total. The molecule has 28 heavy (non-hydrogen) atoms. The van der Waals surface area contributed by atoms with Gasteiger partial charge in [-0.1, -0.05) is 0 Å². The van der Waals surface area contributed by atoms with E-state index in [-0.39, 0.29) is 12.5 Å². The van der Waals surface area contributed by atoms with E-state index in [9.17, 15) is 14.4 Å². The number of methoxy groups -OCH3 is 1. The third-order valence-electron chi connectivity index (χ3n) is 4.66. The van der Waals surface area contributed by atoms with Crippen molar-refractivity contribution in [1.82, 2.24) is 19.4 Å². The molecule has 9 heteroatoms. The molecule has 1 fully saturated rings. The summed E-state index contributed by atoms with van der Waals surface area (Å²) in [6, 6.07) is 8.68. The SMILES string of the molecule is COc1ccc(OCCN2CCN(C(=O)Cn3ccc(=O)[nH]c3=O)CC2)cc1. The number of hydrogen-bond donors (Lipinski definition) is 1. The highest BCUT2D eigenvalue weighted by Gasteiger charge is 2.21. The molecule has 1 aliphatic rings. The van der Waals surface area contributed by atoms with Crippen molar-refractivity contribution in [3.63, 3.8) is 0 Å². The minimum absolute atomic E-state index is 0.0732.